The predicted octanol–water partition coefficient (Wildman–Crippen LogP) is 14.8. The van der Waals surface area contributed by atoms with Gasteiger partial charge in [-0.05, 0) is 146 Å². The first-order valence-corrected chi connectivity index (χ1v) is 24.1. The largest absolute Gasteiger partial charge is 0.457 e. The van der Waals surface area contributed by atoms with Gasteiger partial charge in [-0.2, -0.15) is 0 Å². The summed E-state index contributed by atoms with van der Waals surface area (Å²) in [6.07, 6.45) is 3.90. The molecule has 56 heavy (non-hydrogen) atoms. The monoisotopic (exact) mass is 793 g/mol. The fourth-order valence-corrected chi connectivity index (χ4v) is 12.0. The molecule has 5 rings (SSSR count). The second-order valence-corrected chi connectivity index (χ2v) is 25.0. The first-order chi connectivity index (χ1) is 25.7. The molecule has 0 saturated carbocycles. The van der Waals surface area contributed by atoms with Crippen molar-refractivity contribution in [2.75, 3.05) is 19.8 Å². The van der Waals surface area contributed by atoms with E-state index in [4.69, 9.17) is 10.0 Å². The zero-order valence-corrected chi connectivity index (χ0v) is 40.3. The summed E-state index contributed by atoms with van der Waals surface area (Å²) in [4.78, 5) is 0. The van der Waals surface area contributed by atoms with Gasteiger partial charge in [-0.3, -0.25) is 4.67 Å². The number of rotatable bonds is 8. The Hall–Kier alpha value is -2.54. The van der Waals surface area contributed by atoms with Crippen LogP contribution < -0.4 is 10.0 Å². The van der Waals surface area contributed by atoms with Gasteiger partial charge in [0, 0.05) is 30.0 Å². The number of benzene rings is 4. The first-order valence-electron chi connectivity index (χ1n) is 20.9. The molecule has 0 amide bonds. The maximum Gasteiger partial charge on any atom is 0.168 e. The maximum absolute atomic E-state index is 7.32. The Bertz CT molecular complexity index is 2010. The number of hydrogen-bond acceptors (Lipinski definition) is 3. The van der Waals surface area contributed by atoms with E-state index in [-0.39, 0.29) is 21.7 Å². The predicted molar refractivity (Wildman–Crippen MR) is 250 cm³/mol. The lowest BCUT2D eigenvalue weighted by Crippen LogP contribution is -2.21. The highest BCUT2D eigenvalue weighted by atomic mass is 31.2. The van der Waals surface area contributed by atoms with Crippen LogP contribution in [0.4, 0.5) is 0 Å². The van der Waals surface area contributed by atoms with E-state index in [1.807, 2.05) is 0 Å². The van der Waals surface area contributed by atoms with E-state index in [1.165, 1.54) is 83.5 Å². The van der Waals surface area contributed by atoms with E-state index in [0.29, 0.717) is 0 Å². The van der Waals surface area contributed by atoms with Gasteiger partial charge in [0.15, 0.2) is 8.30 Å². The third-order valence-corrected chi connectivity index (χ3v) is 15.1. The van der Waals surface area contributed by atoms with E-state index in [2.05, 4.69) is 178 Å². The topological polar surface area (TPSA) is 38.5 Å². The van der Waals surface area contributed by atoms with Gasteiger partial charge >= 0.3 is 0 Å². The van der Waals surface area contributed by atoms with Crippen LogP contribution in [-0.2, 0) is 34.0 Å². The van der Waals surface area contributed by atoms with Crippen LogP contribution in [-0.4, -0.2) is 24.4 Å². The van der Waals surface area contributed by atoms with Crippen molar-refractivity contribution in [1.29, 1.82) is 0 Å². The summed E-state index contributed by atoms with van der Waals surface area (Å²) in [5.74, 6) is 1.08. The molecule has 0 radical (unpaired) electrons. The van der Waals surface area contributed by atoms with Gasteiger partial charge in [-0.25, -0.2) is 0 Å². The number of hydrogen-bond donors (Lipinski definition) is 1. The van der Waals surface area contributed by atoms with Crippen molar-refractivity contribution in [3.05, 3.63) is 110 Å². The fraction of sp³-hybridized carbons (Fsp3) is 0.529. The summed E-state index contributed by atoms with van der Waals surface area (Å²) in [5.41, 5.74) is 27.8. The van der Waals surface area contributed by atoms with Gasteiger partial charge < -0.3 is 10.0 Å². The van der Waals surface area contributed by atoms with Crippen LogP contribution in [0.1, 0.15) is 151 Å². The van der Waals surface area contributed by atoms with Crippen LogP contribution in [0.3, 0.4) is 0 Å². The molecule has 0 spiro atoms. The molecule has 1 aliphatic rings. The molecular weight excluding hydrogens is 719 g/mol. The molecule has 0 fully saturated rings. The Morgan fingerprint density at radius 1 is 0.589 bits per heavy atom. The fourth-order valence-electron chi connectivity index (χ4n) is 8.70. The standard InChI is InChI=1S/C51H74N2OP2/c1-32-22-37(36(5)43(26-32)48(6,7)8)38-23-33(2)27-44(49(9,10)11)41(38)30-55(52)21-19-20-53(18)56-31-42-39(24-34(3)28-45(42)50(12,13)14)40-25-35(4)29-46(47(40)54-56)51(15,16)17/h22-29H,19-21,30-31,52H2,1-18H3. The Kier molecular flexibility index (Phi) is 12.9. The molecule has 1 aliphatic heterocycles. The molecule has 0 aliphatic carbocycles. The molecule has 4 aromatic carbocycles. The Morgan fingerprint density at radius 2 is 1.04 bits per heavy atom. The number of nitrogens with two attached hydrogens (primary N) is 1. The highest BCUT2D eigenvalue weighted by Gasteiger charge is 2.34. The van der Waals surface area contributed by atoms with Crippen LogP contribution in [0, 0.1) is 34.6 Å². The summed E-state index contributed by atoms with van der Waals surface area (Å²) in [5, 5.41) is 0. The molecule has 2 unspecified atom stereocenters. The Morgan fingerprint density at radius 3 is 1.57 bits per heavy atom. The summed E-state index contributed by atoms with van der Waals surface area (Å²) in [6, 6.07) is 19.2. The zero-order valence-electron chi connectivity index (χ0n) is 38.5. The van der Waals surface area contributed by atoms with Crippen molar-refractivity contribution >= 4 is 16.4 Å². The highest BCUT2D eigenvalue weighted by molar-refractivity contribution is 7.54. The molecule has 0 saturated heterocycles. The molecule has 5 heteroatoms. The first kappa shape index (κ1) is 44.6. The lowest BCUT2D eigenvalue weighted by Gasteiger charge is -2.31. The number of nitrogens with zero attached hydrogens (tertiary/aromatic N) is 1. The van der Waals surface area contributed by atoms with Crippen molar-refractivity contribution in [1.82, 2.24) is 4.67 Å². The van der Waals surface area contributed by atoms with Crippen LogP contribution in [0.25, 0.3) is 22.3 Å². The molecule has 1 heterocycles. The summed E-state index contributed by atoms with van der Waals surface area (Å²) < 4.78 is 9.85. The molecule has 2 atom stereocenters. The van der Waals surface area contributed by atoms with Crippen molar-refractivity contribution in [2.45, 2.75) is 158 Å². The third-order valence-electron chi connectivity index (χ3n) is 11.5. The Labute approximate surface area is 345 Å². The third kappa shape index (κ3) is 9.83. The van der Waals surface area contributed by atoms with Gasteiger partial charge in [-0.15, -0.1) is 0 Å². The van der Waals surface area contributed by atoms with Gasteiger partial charge in [0.2, 0.25) is 0 Å². The molecular formula is C51H74N2OP2. The molecule has 4 aromatic rings. The van der Waals surface area contributed by atoms with Crippen molar-refractivity contribution < 1.29 is 4.52 Å². The van der Waals surface area contributed by atoms with E-state index in [1.54, 1.807) is 0 Å². The molecule has 304 valence electrons. The number of aryl methyl sites for hydroxylation is 4. The van der Waals surface area contributed by atoms with E-state index in [9.17, 15) is 0 Å². The minimum absolute atomic E-state index is 0.0119. The van der Waals surface area contributed by atoms with Gasteiger partial charge in [0.1, 0.15) is 5.75 Å². The molecule has 0 aromatic heterocycles. The van der Waals surface area contributed by atoms with Gasteiger partial charge in [-0.1, -0.05) is 142 Å². The van der Waals surface area contributed by atoms with E-state index >= 15 is 0 Å². The summed E-state index contributed by atoms with van der Waals surface area (Å²) in [7, 11) is 0.618. The lowest BCUT2D eigenvalue weighted by atomic mass is 9.77. The second-order valence-electron chi connectivity index (χ2n) is 21.2. The lowest BCUT2D eigenvalue weighted by molar-refractivity contribution is 0.460. The van der Waals surface area contributed by atoms with E-state index in [0.717, 1.165) is 37.2 Å². The average molecular weight is 793 g/mol. The quantitative estimate of drug-likeness (QED) is 0.181. The Balaban J connectivity index is 1.46. The molecule has 3 nitrogen and oxygen atoms in total. The van der Waals surface area contributed by atoms with Crippen molar-refractivity contribution in [2.24, 2.45) is 5.50 Å². The highest BCUT2D eigenvalue weighted by Crippen LogP contribution is 2.56. The zero-order chi connectivity index (χ0) is 41.9. The average Bonchev–Trinajstić information content (AvgIpc) is 3.20. The van der Waals surface area contributed by atoms with Crippen LogP contribution in [0.2, 0.25) is 0 Å². The van der Waals surface area contributed by atoms with Crippen LogP contribution in [0.15, 0.2) is 48.5 Å². The minimum atomic E-state index is -0.937. The normalized spacial score (nSPS) is 15.7. The summed E-state index contributed by atoms with van der Waals surface area (Å²) in [6.45, 7) is 40.4. The SMILES string of the molecule is Cc1cc(-c2cc(C)cc(C(C)(C)C)c2CP(N)CCCN(C)P2Cc3c(cc(C)cc3C(C)(C)C)-c3cc(C)cc(C(C)(C)C)c3O2)c(C)c(C(C)(C)C)c1. The molecule has 0 bridgehead atoms. The van der Waals surface area contributed by atoms with Crippen molar-refractivity contribution in [3.63, 3.8) is 0 Å². The van der Waals surface area contributed by atoms with Gasteiger partial charge in [0.05, 0.1) is 0 Å². The minimum Gasteiger partial charge on any atom is -0.457 e. The van der Waals surface area contributed by atoms with Crippen LogP contribution in [0.5, 0.6) is 5.75 Å². The second kappa shape index (κ2) is 16.3. The van der Waals surface area contributed by atoms with Crippen LogP contribution >= 0.6 is 16.4 Å². The molecule has 2 N–H and O–H groups in total. The van der Waals surface area contributed by atoms with Gasteiger partial charge in [0.25, 0.3) is 0 Å². The smallest absolute Gasteiger partial charge is 0.168 e. The number of fused-ring (bicyclic) bond motifs is 3. The summed E-state index contributed by atoms with van der Waals surface area (Å²) >= 11 is 0. The maximum atomic E-state index is 7.32. The van der Waals surface area contributed by atoms with E-state index < -0.39 is 16.4 Å². The van der Waals surface area contributed by atoms with Crippen molar-refractivity contribution in [3.8, 4) is 28.0 Å².